The number of aromatic amines is 1. The van der Waals surface area contributed by atoms with E-state index in [0.717, 1.165) is 4.57 Å². The predicted octanol–water partition coefficient (Wildman–Crippen LogP) is 2.45. The quantitative estimate of drug-likeness (QED) is 0.463. The fourth-order valence-corrected chi connectivity index (χ4v) is 3.70. The number of thiazole rings is 1. The van der Waals surface area contributed by atoms with Gasteiger partial charge in [-0.2, -0.15) is 0 Å². The Bertz CT molecular complexity index is 1400. The van der Waals surface area contributed by atoms with Crippen molar-refractivity contribution in [2.45, 2.75) is 13.5 Å². The maximum absolute atomic E-state index is 12.8. The van der Waals surface area contributed by atoms with Gasteiger partial charge in [-0.05, 0) is 30.3 Å². The molecule has 0 bridgehead atoms. The monoisotopic (exact) mass is 436 g/mol. The number of anilines is 1. The zero-order chi connectivity index (χ0) is 22.0. The van der Waals surface area contributed by atoms with Crippen molar-refractivity contribution in [3.63, 3.8) is 0 Å². The lowest BCUT2D eigenvalue weighted by atomic mass is 10.1. The van der Waals surface area contributed by atoms with E-state index in [0.29, 0.717) is 16.5 Å². The van der Waals surface area contributed by atoms with Gasteiger partial charge in [-0.1, -0.05) is 18.2 Å². The van der Waals surface area contributed by atoms with Gasteiger partial charge in [-0.3, -0.25) is 9.59 Å². The number of hydrogen-bond acceptors (Lipinski definition) is 7. The van der Waals surface area contributed by atoms with Crippen LogP contribution >= 0.6 is 11.3 Å². The molecule has 0 aliphatic heterocycles. The summed E-state index contributed by atoms with van der Waals surface area (Å²) < 4.78 is 6.29. The lowest BCUT2D eigenvalue weighted by Crippen LogP contribution is -2.33. The van der Waals surface area contributed by atoms with Crippen LogP contribution in [-0.2, 0) is 16.1 Å². The Balaban J connectivity index is 1.57. The molecule has 156 valence electrons. The van der Waals surface area contributed by atoms with E-state index >= 15 is 0 Å². The minimum absolute atomic E-state index is 0.0842. The standard InChI is InChI=1S/C21H16N4O5S/c1-12(26)22-20-23-14(11-31-20)10-30-19(28)13-7-8-16-17(9-13)24-21(29)25(18(16)27)15-5-3-2-4-6-15/h2-9,11H,10H2,1H3,(H,24,29)(H,22,23,26). The number of aromatic nitrogens is 3. The second-order valence-electron chi connectivity index (χ2n) is 6.57. The van der Waals surface area contributed by atoms with Crippen molar-refractivity contribution in [3.8, 4) is 5.69 Å². The van der Waals surface area contributed by atoms with Crippen LogP contribution in [0.15, 0.2) is 63.5 Å². The number of ether oxygens (including phenoxy) is 1. The maximum Gasteiger partial charge on any atom is 0.338 e. The third-order valence-electron chi connectivity index (χ3n) is 4.33. The number of hydrogen-bond donors (Lipinski definition) is 2. The molecule has 2 heterocycles. The second kappa shape index (κ2) is 8.36. The van der Waals surface area contributed by atoms with Crippen molar-refractivity contribution in [2.24, 2.45) is 0 Å². The molecule has 9 nitrogen and oxygen atoms in total. The minimum Gasteiger partial charge on any atom is -0.456 e. The second-order valence-corrected chi connectivity index (χ2v) is 7.43. The Morgan fingerprint density at radius 2 is 1.94 bits per heavy atom. The topological polar surface area (TPSA) is 123 Å². The highest BCUT2D eigenvalue weighted by Crippen LogP contribution is 2.17. The van der Waals surface area contributed by atoms with Crippen LogP contribution in [-0.4, -0.2) is 26.4 Å². The molecule has 0 atom stereocenters. The number of para-hydroxylation sites is 1. The van der Waals surface area contributed by atoms with Crippen molar-refractivity contribution in [1.82, 2.24) is 14.5 Å². The summed E-state index contributed by atoms with van der Waals surface area (Å²) in [6.07, 6.45) is 0. The number of nitrogens with zero attached hydrogens (tertiary/aromatic N) is 2. The minimum atomic E-state index is -0.635. The summed E-state index contributed by atoms with van der Waals surface area (Å²) in [6.45, 7) is 1.29. The van der Waals surface area contributed by atoms with Gasteiger partial charge >= 0.3 is 11.7 Å². The fourth-order valence-electron chi connectivity index (χ4n) is 2.96. The van der Waals surface area contributed by atoms with Gasteiger partial charge < -0.3 is 15.0 Å². The van der Waals surface area contributed by atoms with Gasteiger partial charge in [-0.25, -0.2) is 19.1 Å². The summed E-state index contributed by atoms with van der Waals surface area (Å²) in [6, 6.07) is 12.9. The summed E-state index contributed by atoms with van der Waals surface area (Å²) in [5.41, 5.74) is 0.249. The Morgan fingerprint density at radius 3 is 2.68 bits per heavy atom. The number of benzene rings is 2. The largest absolute Gasteiger partial charge is 0.456 e. The molecule has 0 saturated heterocycles. The Kier molecular flexibility index (Phi) is 5.46. The van der Waals surface area contributed by atoms with E-state index in [1.54, 1.807) is 35.7 Å². The third-order valence-corrected chi connectivity index (χ3v) is 5.14. The molecule has 1 amide bonds. The predicted molar refractivity (Wildman–Crippen MR) is 116 cm³/mol. The summed E-state index contributed by atoms with van der Waals surface area (Å²) in [4.78, 5) is 55.5. The van der Waals surface area contributed by atoms with Crippen LogP contribution in [0.5, 0.6) is 0 Å². The summed E-state index contributed by atoms with van der Waals surface area (Å²) >= 11 is 1.22. The molecule has 2 aromatic carbocycles. The first-order valence-electron chi connectivity index (χ1n) is 9.16. The van der Waals surface area contributed by atoms with Gasteiger partial charge in [0.05, 0.1) is 27.8 Å². The third kappa shape index (κ3) is 4.28. The molecular formula is C21H16N4O5S. The highest BCUT2D eigenvalue weighted by molar-refractivity contribution is 7.13. The van der Waals surface area contributed by atoms with Crippen molar-refractivity contribution >= 4 is 39.2 Å². The van der Waals surface area contributed by atoms with Crippen LogP contribution in [0.1, 0.15) is 23.0 Å². The number of rotatable bonds is 5. The number of nitrogens with one attached hydrogen (secondary N) is 2. The van der Waals surface area contributed by atoms with E-state index in [-0.39, 0.29) is 29.0 Å². The summed E-state index contributed by atoms with van der Waals surface area (Å²) in [7, 11) is 0. The summed E-state index contributed by atoms with van der Waals surface area (Å²) in [5, 5.41) is 4.90. The van der Waals surface area contributed by atoms with Gasteiger partial charge in [0.2, 0.25) is 5.91 Å². The van der Waals surface area contributed by atoms with E-state index in [1.807, 2.05) is 0 Å². The molecule has 4 rings (SSSR count). The van der Waals surface area contributed by atoms with Gasteiger partial charge in [0.25, 0.3) is 5.56 Å². The number of H-pyrrole nitrogens is 1. The first-order valence-corrected chi connectivity index (χ1v) is 10.0. The molecule has 0 radical (unpaired) electrons. The number of amides is 1. The lowest BCUT2D eigenvalue weighted by Gasteiger charge is -2.08. The average Bonchev–Trinajstić information content (AvgIpc) is 3.19. The van der Waals surface area contributed by atoms with Crippen LogP contribution in [0.2, 0.25) is 0 Å². The highest BCUT2D eigenvalue weighted by atomic mass is 32.1. The lowest BCUT2D eigenvalue weighted by molar-refractivity contribution is -0.114. The zero-order valence-electron chi connectivity index (χ0n) is 16.2. The smallest absolute Gasteiger partial charge is 0.338 e. The van der Waals surface area contributed by atoms with Crippen molar-refractivity contribution in [3.05, 3.63) is 86.0 Å². The Morgan fingerprint density at radius 1 is 1.16 bits per heavy atom. The van der Waals surface area contributed by atoms with Crippen LogP contribution in [0.3, 0.4) is 0 Å². The molecule has 0 spiro atoms. The van der Waals surface area contributed by atoms with Crippen LogP contribution in [0.4, 0.5) is 5.13 Å². The van der Waals surface area contributed by atoms with Crippen LogP contribution in [0, 0.1) is 0 Å². The molecule has 0 saturated carbocycles. The van der Waals surface area contributed by atoms with Crippen molar-refractivity contribution in [1.29, 1.82) is 0 Å². The molecule has 4 aromatic rings. The maximum atomic E-state index is 12.8. The Labute approximate surface area is 179 Å². The van der Waals surface area contributed by atoms with Gasteiger partial charge in [0.1, 0.15) is 6.61 Å². The zero-order valence-corrected chi connectivity index (χ0v) is 17.1. The molecule has 2 aromatic heterocycles. The fraction of sp³-hybridized carbons (Fsp3) is 0.0952. The van der Waals surface area contributed by atoms with Crippen molar-refractivity contribution < 1.29 is 14.3 Å². The molecule has 0 fully saturated rings. The van der Waals surface area contributed by atoms with E-state index in [1.165, 1.54) is 36.5 Å². The van der Waals surface area contributed by atoms with Crippen molar-refractivity contribution in [2.75, 3.05) is 5.32 Å². The number of carbonyl (C=O) groups excluding carboxylic acids is 2. The Hall–Kier alpha value is -4.05. The van der Waals surface area contributed by atoms with Crippen LogP contribution < -0.4 is 16.6 Å². The number of fused-ring (bicyclic) bond motifs is 1. The van der Waals surface area contributed by atoms with Gasteiger partial charge in [-0.15, -0.1) is 11.3 Å². The van der Waals surface area contributed by atoms with E-state index < -0.39 is 17.2 Å². The van der Waals surface area contributed by atoms with E-state index in [2.05, 4.69) is 15.3 Å². The molecule has 0 aliphatic carbocycles. The van der Waals surface area contributed by atoms with E-state index in [9.17, 15) is 19.2 Å². The van der Waals surface area contributed by atoms with E-state index in [4.69, 9.17) is 4.74 Å². The SMILES string of the molecule is CC(=O)Nc1nc(COC(=O)c2ccc3c(=O)n(-c4ccccc4)c(=O)[nH]c3c2)cs1. The molecule has 0 unspecified atom stereocenters. The molecule has 10 heteroatoms. The molecule has 0 aliphatic rings. The van der Waals surface area contributed by atoms with Gasteiger partial charge in [0.15, 0.2) is 5.13 Å². The van der Waals surface area contributed by atoms with Crippen LogP contribution in [0.25, 0.3) is 16.6 Å². The first kappa shape index (κ1) is 20.2. The van der Waals surface area contributed by atoms with Gasteiger partial charge in [0, 0.05) is 12.3 Å². The normalized spacial score (nSPS) is 10.7. The average molecular weight is 436 g/mol. The molecular weight excluding hydrogens is 420 g/mol. The summed E-state index contributed by atoms with van der Waals surface area (Å²) in [5.74, 6) is -0.876. The number of esters is 1. The molecule has 31 heavy (non-hydrogen) atoms. The first-order chi connectivity index (χ1) is 14.9. The number of carbonyl (C=O) groups is 2. The highest BCUT2D eigenvalue weighted by Gasteiger charge is 2.14. The molecule has 2 N–H and O–H groups in total.